The molecule has 0 spiro atoms. The monoisotopic (exact) mass is 449 g/mol. The molecule has 0 saturated carbocycles. The summed E-state index contributed by atoms with van der Waals surface area (Å²) in [7, 11) is -4.11. The van der Waals surface area contributed by atoms with E-state index >= 15 is 0 Å². The molecule has 0 radical (unpaired) electrons. The van der Waals surface area contributed by atoms with Gasteiger partial charge in [-0.25, -0.2) is 12.8 Å². The Kier molecular flexibility index (Phi) is 7.03. The lowest BCUT2D eigenvalue weighted by atomic mass is 10.1. The van der Waals surface area contributed by atoms with Crippen LogP contribution in [0.5, 0.6) is 0 Å². The first-order valence-electron chi connectivity index (χ1n) is 9.60. The molecule has 1 N–H and O–H groups in total. The van der Waals surface area contributed by atoms with Crippen LogP contribution in [0.2, 0.25) is 0 Å². The third-order valence-electron chi connectivity index (χ3n) is 4.60. The number of nitrogens with one attached hydrogen (secondary N) is 1. The van der Waals surface area contributed by atoms with Gasteiger partial charge in [0.05, 0.1) is 22.2 Å². The van der Waals surface area contributed by atoms with Crippen LogP contribution in [0, 0.1) is 17.1 Å². The van der Waals surface area contributed by atoms with E-state index in [0.717, 1.165) is 11.6 Å². The summed E-state index contributed by atoms with van der Waals surface area (Å²) >= 11 is 0. The van der Waals surface area contributed by atoms with Crippen molar-refractivity contribution in [3.63, 3.8) is 0 Å². The van der Waals surface area contributed by atoms with E-state index in [1.165, 1.54) is 47.4 Å². The van der Waals surface area contributed by atoms with Crippen molar-refractivity contribution in [1.82, 2.24) is 4.90 Å². The number of anilines is 1. The first-order chi connectivity index (χ1) is 15.3. The lowest BCUT2D eigenvalue weighted by Crippen LogP contribution is -2.31. The highest BCUT2D eigenvalue weighted by Gasteiger charge is 2.20. The largest absolute Gasteiger partial charge is 0.331 e. The number of hydrogen-bond donors (Lipinski definition) is 1. The Morgan fingerprint density at radius 2 is 1.81 bits per heavy atom. The molecule has 6 nitrogen and oxygen atoms in total. The number of para-hydroxylation sites is 1. The van der Waals surface area contributed by atoms with Gasteiger partial charge in [0.1, 0.15) is 5.82 Å². The number of nitrogens with zero attached hydrogens (tertiary/aromatic N) is 2. The summed E-state index contributed by atoms with van der Waals surface area (Å²) in [4.78, 5) is 14.4. The van der Waals surface area contributed by atoms with E-state index in [-0.39, 0.29) is 29.2 Å². The highest BCUT2D eigenvalue weighted by molar-refractivity contribution is 7.92. The molecule has 0 aliphatic carbocycles. The second kappa shape index (κ2) is 9.90. The van der Waals surface area contributed by atoms with E-state index < -0.39 is 21.7 Å². The Morgan fingerprint density at radius 1 is 1.09 bits per heavy atom. The summed E-state index contributed by atoms with van der Waals surface area (Å²) in [5, 5.41) is 8.93. The average molecular weight is 450 g/mol. The molecule has 0 unspecified atom stereocenters. The molecule has 32 heavy (non-hydrogen) atoms. The summed E-state index contributed by atoms with van der Waals surface area (Å²) in [5.41, 5.74) is 1.30. The van der Waals surface area contributed by atoms with E-state index in [2.05, 4.69) is 11.3 Å². The number of benzene rings is 3. The number of carbonyl (C=O) groups is 1. The number of hydrogen-bond acceptors (Lipinski definition) is 4. The van der Waals surface area contributed by atoms with Crippen LogP contribution >= 0.6 is 0 Å². The van der Waals surface area contributed by atoms with Crippen LogP contribution in [0.15, 0.2) is 90.3 Å². The minimum Gasteiger partial charge on any atom is -0.331 e. The van der Waals surface area contributed by atoms with Gasteiger partial charge in [0.25, 0.3) is 15.9 Å². The minimum absolute atomic E-state index is 0.163. The molecule has 0 bridgehead atoms. The molecule has 0 aliphatic rings. The number of sulfonamides is 1. The van der Waals surface area contributed by atoms with Crippen LogP contribution in [0.1, 0.15) is 21.5 Å². The Bertz CT molecular complexity index is 1280. The van der Waals surface area contributed by atoms with Crippen molar-refractivity contribution >= 4 is 21.6 Å². The molecule has 0 aromatic heterocycles. The highest BCUT2D eigenvalue weighted by Crippen LogP contribution is 2.20. The summed E-state index contributed by atoms with van der Waals surface area (Å²) in [6, 6.07) is 19.8. The third-order valence-corrected chi connectivity index (χ3v) is 5.97. The van der Waals surface area contributed by atoms with Crippen LogP contribution in [-0.4, -0.2) is 25.8 Å². The molecule has 3 aromatic rings. The normalized spacial score (nSPS) is 10.8. The van der Waals surface area contributed by atoms with Gasteiger partial charge >= 0.3 is 0 Å². The molecule has 0 aliphatic heterocycles. The van der Waals surface area contributed by atoms with E-state index in [0.29, 0.717) is 5.56 Å². The molecule has 0 atom stereocenters. The van der Waals surface area contributed by atoms with E-state index in [1.807, 2.05) is 6.07 Å². The van der Waals surface area contributed by atoms with Crippen LogP contribution in [0.25, 0.3) is 0 Å². The van der Waals surface area contributed by atoms with E-state index in [1.54, 1.807) is 30.3 Å². The smallest absolute Gasteiger partial charge is 0.262 e. The second-order valence-corrected chi connectivity index (χ2v) is 8.58. The van der Waals surface area contributed by atoms with Crippen molar-refractivity contribution in [3.05, 3.63) is 108 Å². The predicted molar refractivity (Wildman–Crippen MR) is 120 cm³/mol. The van der Waals surface area contributed by atoms with Gasteiger partial charge in [-0.3, -0.25) is 9.52 Å². The van der Waals surface area contributed by atoms with Crippen molar-refractivity contribution < 1.29 is 17.6 Å². The van der Waals surface area contributed by atoms with Gasteiger partial charge in [-0.05, 0) is 48.0 Å². The zero-order valence-electron chi connectivity index (χ0n) is 17.0. The Hall–Kier alpha value is -3.96. The van der Waals surface area contributed by atoms with Gasteiger partial charge in [0, 0.05) is 18.7 Å². The number of rotatable bonds is 8. The van der Waals surface area contributed by atoms with Gasteiger partial charge in [-0.15, -0.1) is 6.58 Å². The lowest BCUT2D eigenvalue weighted by Gasteiger charge is -2.22. The topological polar surface area (TPSA) is 90.3 Å². The molecule has 1 amide bonds. The number of amides is 1. The van der Waals surface area contributed by atoms with Crippen LogP contribution in [-0.2, 0) is 16.6 Å². The summed E-state index contributed by atoms with van der Waals surface area (Å²) < 4.78 is 41.5. The van der Waals surface area contributed by atoms with Crippen LogP contribution in [0.3, 0.4) is 0 Å². The fraction of sp³-hybridized carbons (Fsp3) is 0.0833. The van der Waals surface area contributed by atoms with Crippen molar-refractivity contribution in [3.8, 4) is 6.07 Å². The van der Waals surface area contributed by atoms with Crippen LogP contribution < -0.4 is 4.72 Å². The number of carbonyl (C=O) groups excluding carboxylic acids is 1. The molecular weight excluding hydrogens is 429 g/mol. The van der Waals surface area contributed by atoms with Crippen LogP contribution in [0.4, 0.5) is 10.1 Å². The van der Waals surface area contributed by atoms with E-state index in [4.69, 9.17) is 5.26 Å². The quantitative estimate of drug-likeness (QED) is 0.519. The summed E-state index contributed by atoms with van der Waals surface area (Å²) in [6.45, 7) is 4.17. The van der Waals surface area contributed by atoms with Gasteiger partial charge in [-0.1, -0.05) is 36.4 Å². The van der Waals surface area contributed by atoms with E-state index in [9.17, 15) is 17.6 Å². The molecule has 0 heterocycles. The molecule has 3 aromatic carbocycles. The Labute approximate surface area is 186 Å². The maximum absolute atomic E-state index is 13.9. The lowest BCUT2D eigenvalue weighted by molar-refractivity contribution is 0.0762. The maximum Gasteiger partial charge on any atom is 0.262 e. The number of halogens is 1. The fourth-order valence-electron chi connectivity index (χ4n) is 3.01. The fourth-order valence-corrected chi connectivity index (χ4v) is 4.12. The predicted octanol–water partition coefficient (Wildman–Crippen LogP) is 4.33. The van der Waals surface area contributed by atoms with Crippen molar-refractivity contribution in [1.29, 1.82) is 5.26 Å². The zero-order valence-corrected chi connectivity index (χ0v) is 17.8. The summed E-state index contributed by atoms with van der Waals surface area (Å²) in [5.74, 6) is -1.10. The molecule has 162 valence electrons. The molecule has 0 fully saturated rings. The molecular formula is C24H20FN3O3S. The standard InChI is InChI=1S/C24H20FN3O3S/c1-2-14-28(17-19-12-10-18(16-26)11-13-19)24(29)20-6-5-7-21(15-20)32(30,31)27-23-9-4-3-8-22(23)25/h2-13,15,27H,1,14,17H2. The second-order valence-electron chi connectivity index (χ2n) is 6.90. The van der Waals surface area contributed by atoms with Gasteiger partial charge in [0.15, 0.2) is 0 Å². The van der Waals surface area contributed by atoms with Crippen molar-refractivity contribution in [2.24, 2.45) is 0 Å². The maximum atomic E-state index is 13.9. The molecule has 8 heteroatoms. The van der Waals surface area contributed by atoms with Gasteiger partial charge < -0.3 is 4.90 Å². The average Bonchev–Trinajstić information content (AvgIpc) is 2.80. The zero-order chi connectivity index (χ0) is 23.1. The Morgan fingerprint density at radius 3 is 2.47 bits per heavy atom. The highest BCUT2D eigenvalue weighted by atomic mass is 32.2. The first kappa shape index (κ1) is 22.7. The van der Waals surface area contributed by atoms with Gasteiger partial charge in [-0.2, -0.15) is 5.26 Å². The van der Waals surface area contributed by atoms with Crippen molar-refractivity contribution in [2.75, 3.05) is 11.3 Å². The van der Waals surface area contributed by atoms with Gasteiger partial charge in [0.2, 0.25) is 0 Å². The number of nitriles is 1. The molecule has 3 rings (SSSR count). The minimum atomic E-state index is -4.11. The summed E-state index contributed by atoms with van der Waals surface area (Å²) in [6.07, 6.45) is 1.57. The SMILES string of the molecule is C=CCN(Cc1ccc(C#N)cc1)C(=O)c1cccc(S(=O)(=O)Nc2ccccc2F)c1. The van der Waals surface area contributed by atoms with Crippen molar-refractivity contribution in [2.45, 2.75) is 11.4 Å². The first-order valence-corrected chi connectivity index (χ1v) is 11.1. The third kappa shape index (κ3) is 5.39. The Balaban J connectivity index is 1.85. The molecule has 0 saturated heterocycles.